The van der Waals surface area contributed by atoms with Crippen molar-refractivity contribution in [2.75, 3.05) is 5.32 Å². The Balaban J connectivity index is 1.79. The molecule has 104 valence electrons. The van der Waals surface area contributed by atoms with Gasteiger partial charge in [-0.2, -0.15) is 0 Å². The first kappa shape index (κ1) is 12.8. The molecule has 1 aliphatic rings. The van der Waals surface area contributed by atoms with Crippen LogP contribution in [0.1, 0.15) is 40.1 Å². The number of hydrogen-bond donors (Lipinski definition) is 2. The monoisotopic (exact) mass is 271 g/mol. The van der Waals surface area contributed by atoms with E-state index < -0.39 is 5.97 Å². The zero-order valence-electron chi connectivity index (χ0n) is 11.2. The molecule has 1 aromatic carbocycles. The van der Waals surface area contributed by atoms with Crippen molar-refractivity contribution in [1.29, 1.82) is 0 Å². The molecule has 0 spiro atoms. The maximum absolute atomic E-state index is 11.0. The SMILES string of the molecule is O=C(O)c1ccoc1CNc1cccc2c1CCCC2. The van der Waals surface area contributed by atoms with Crippen LogP contribution >= 0.6 is 0 Å². The molecule has 3 rings (SSSR count). The van der Waals surface area contributed by atoms with Crippen LogP contribution in [0.3, 0.4) is 0 Å². The topological polar surface area (TPSA) is 62.5 Å². The molecular weight excluding hydrogens is 254 g/mol. The minimum absolute atomic E-state index is 0.224. The van der Waals surface area contributed by atoms with Crippen LogP contribution in [0, 0.1) is 0 Å². The van der Waals surface area contributed by atoms with Crippen molar-refractivity contribution in [2.45, 2.75) is 32.2 Å². The van der Waals surface area contributed by atoms with E-state index in [9.17, 15) is 4.79 Å². The summed E-state index contributed by atoms with van der Waals surface area (Å²) in [6.07, 6.45) is 6.10. The van der Waals surface area contributed by atoms with Gasteiger partial charge in [0.1, 0.15) is 11.3 Å². The predicted molar refractivity (Wildman–Crippen MR) is 76.1 cm³/mol. The van der Waals surface area contributed by atoms with Crippen molar-refractivity contribution in [3.8, 4) is 0 Å². The molecule has 1 aromatic heterocycles. The van der Waals surface area contributed by atoms with Gasteiger partial charge in [-0.25, -0.2) is 4.79 Å². The summed E-state index contributed by atoms with van der Waals surface area (Å²) in [6.45, 7) is 0.394. The molecule has 2 N–H and O–H groups in total. The summed E-state index contributed by atoms with van der Waals surface area (Å²) < 4.78 is 5.25. The Morgan fingerprint density at radius 1 is 1.25 bits per heavy atom. The molecular formula is C16H17NO3. The van der Waals surface area contributed by atoms with Crippen LogP contribution in [-0.2, 0) is 19.4 Å². The van der Waals surface area contributed by atoms with Crippen LogP contribution in [0.25, 0.3) is 0 Å². The van der Waals surface area contributed by atoms with E-state index >= 15 is 0 Å². The van der Waals surface area contributed by atoms with E-state index in [0.29, 0.717) is 12.3 Å². The Labute approximate surface area is 117 Å². The summed E-state index contributed by atoms with van der Waals surface area (Å²) in [6, 6.07) is 7.76. The lowest BCUT2D eigenvalue weighted by Gasteiger charge is -2.19. The molecule has 0 unspecified atom stereocenters. The molecule has 0 saturated carbocycles. The van der Waals surface area contributed by atoms with Gasteiger partial charge in [-0.15, -0.1) is 0 Å². The smallest absolute Gasteiger partial charge is 0.339 e. The van der Waals surface area contributed by atoms with Crippen LogP contribution in [0.4, 0.5) is 5.69 Å². The lowest BCUT2D eigenvalue weighted by atomic mass is 9.90. The van der Waals surface area contributed by atoms with Gasteiger partial charge in [0, 0.05) is 5.69 Å². The number of benzene rings is 1. The second-order valence-corrected chi connectivity index (χ2v) is 5.07. The first-order valence-corrected chi connectivity index (χ1v) is 6.90. The number of rotatable bonds is 4. The van der Waals surface area contributed by atoms with E-state index in [4.69, 9.17) is 9.52 Å². The summed E-state index contributed by atoms with van der Waals surface area (Å²) in [5.41, 5.74) is 4.08. The molecule has 0 radical (unpaired) electrons. The van der Waals surface area contributed by atoms with Crippen molar-refractivity contribution in [3.63, 3.8) is 0 Å². The molecule has 0 fully saturated rings. The predicted octanol–water partition coefficient (Wildman–Crippen LogP) is 3.47. The number of aromatic carboxylic acids is 1. The molecule has 4 heteroatoms. The molecule has 0 bridgehead atoms. The fourth-order valence-corrected chi connectivity index (χ4v) is 2.79. The molecule has 4 nitrogen and oxygen atoms in total. The molecule has 20 heavy (non-hydrogen) atoms. The van der Waals surface area contributed by atoms with Crippen molar-refractivity contribution in [3.05, 3.63) is 53.0 Å². The Morgan fingerprint density at radius 2 is 2.10 bits per heavy atom. The van der Waals surface area contributed by atoms with Crippen LogP contribution in [0.15, 0.2) is 34.9 Å². The van der Waals surface area contributed by atoms with E-state index in [1.54, 1.807) is 0 Å². The highest BCUT2D eigenvalue weighted by Gasteiger charge is 2.15. The van der Waals surface area contributed by atoms with E-state index in [-0.39, 0.29) is 5.56 Å². The van der Waals surface area contributed by atoms with Crippen molar-refractivity contribution < 1.29 is 14.3 Å². The Bertz CT molecular complexity index is 630. The number of carboxylic acid groups (broad SMARTS) is 1. The second-order valence-electron chi connectivity index (χ2n) is 5.07. The van der Waals surface area contributed by atoms with E-state index in [1.165, 1.54) is 36.3 Å². The first-order valence-electron chi connectivity index (χ1n) is 6.90. The van der Waals surface area contributed by atoms with Gasteiger partial charge < -0.3 is 14.8 Å². The first-order chi connectivity index (χ1) is 9.75. The number of carbonyl (C=O) groups is 1. The van der Waals surface area contributed by atoms with Crippen LogP contribution in [0.5, 0.6) is 0 Å². The quantitative estimate of drug-likeness (QED) is 0.893. The summed E-state index contributed by atoms with van der Waals surface area (Å²) >= 11 is 0. The zero-order valence-corrected chi connectivity index (χ0v) is 11.2. The number of carboxylic acids is 1. The summed E-state index contributed by atoms with van der Waals surface area (Å²) in [7, 11) is 0. The van der Waals surface area contributed by atoms with Crippen LogP contribution in [0.2, 0.25) is 0 Å². The van der Waals surface area contributed by atoms with Crippen LogP contribution < -0.4 is 5.32 Å². The highest BCUT2D eigenvalue weighted by molar-refractivity contribution is 5.88. The van der Waals surface area contributed by atoms with Gasteiger partial charge in [0.25, 0.3) is 0 Å². The Hall–Kier alpha value is -2.23. The fourth-order valence-electron chi connectivity index (χ4n) is 2.79. The molecule has 0 saturated heterocycles. The third-order valence-electron chi connectivity index (χ3n) is 3.81. The molecule has 0 aliphatic heterocycles. The fraction of sp³-hybridized carbons (Fsp3) is 0.312. The maximum Gasteiger partial charge on any atom is 0.339 e. The normalized spacial score (nSPS) is 13.8. The number of anilines is 1. The largest absolute Gasteiger partial charge is 0.478 e. The molecule has 1 heterocycles. The van der Waals surface area contributed by atoms with E-state index in [0.717, 1.165) is 18.5 Å². The summed E-state index contributed by atoms with van der Waals surface area (Å²) in [5.74, 6) is -0.489. The van der Waals surface area contributed by atoms with E-state index in [1.807, 2.05) is 12.1 Å². The average Bonchev–Trinajstić information content (AvgIpc) is 2.93. The third kappa shape index (κ3) is 2.41. The van der Waals surface area contributed by atoms with Gasteiger partial charge in [-0.3, -0.25) is 0 Å². The van der Waals surface area contributed by atoms with Gasteiger partial charge in [0.05, 0.1) is 12.8 Å². The lowest BCUT2D eigenvalue weighted by molar-refractivity contribution is 0.0694. The zero-order chi connectivity index (χ0) is 13.9. The van der Waals surface area contributed by atoms with Gasteiger partial charge in [0.2, 0.25) is 0 Å². The number of hydrogen-bond acceptors (Lipinski definition) is 3. The lowest BCUT2D eigenvalue weighted by Crippen LogP contribution is -2.09. The van der Waals surface area contributed by atoms with Crippen LogP contribution in [-0.4, -0.2) is 11.1 Å². The standard InChI is InChI=1S/C16H17NO3/c18-16(19)13-8-9-20-15(13)10-17-14-7-3-5-11-4-1-2-6-12(11)14/h3,5,7-9,17H,1-2,4,6,10H2,(H,18,19). The molecule has 2 aromatic rings. The van der Waals surface area contributed by atoms with Crippen molar-refractivity contribution in [2.24, 2.45) is 0 Å². The summed E-state index contributed by atoms with van der Waals surface area (Å²) in [5, 5.41) is 12.4. The third-order valence-corrected chi connectivity index (χ3v) is 3.81. The van der Waals surface area contributed by atoms with Gasteiger partial charge in [-0.05, 0) is 48.9 Å². The second kappa shape index (κ2) is 5.41. The molecule has 0 amide bonds. The number of furan rings is 1. The molecule has 1 aliphatic carbocycles. The van der Waals surface area contributed by atoms with Crippen molar-refractivity contribution in [1.82, 2.24) is 0 Å². The maximum atomic E-state index is 11.0. The minimum atomic E-state index is -0.953. The number of nitrogens with one attached hydrogen (secondary N) is 1. The number of aryl methyl sites for hydroxylation is 1. The Kier molecular flexibility index (Phi) is 3.46. The Morgan fingerprint density at radius 3 is 2.95 bits per heavy atom. The van der Waals surface area contributed by atoms with Gasteiger partial charge in [-0.1, -0.05) is 12.1 Å². The summed E-state index contributed by atoms with van der Waals surface area (Å²) in [4.78, 5) is 11.0. The molecule has 0 atom stereocenters. The number of fused-ring (bicyclic) bond motifs is 1. The highest BCUT2D eigenvalue weighted by atomic mass is 16.4. The highest BCUT2D eigenvalue weighted by Crippen LogP contribution is 2.28. The minimum Gasteiger partial charge on any atom is -0.478 e. The van der Waals surface area contributed by atoms with Crippen molar-refractivity contribution >= 4 is 11.7 Å². The van der Waals surface area contributed by atoms with E-state index in [2.05, 4.69) is 11.4 Å². The van der Waals surface area contributed by atoms with Gasteiger partial charge >= 0.3 is 5.97 Å². The average molecular weight is 271 g/mol. The van der Waals surface area contributed by atoms with Gasteiger partial charge in [0.15, 0.2) is 0 Å².